The zero-order chi connectivity index (χ0) is 19.7. The number of fused-ring (bicyclic) bond motifs is 1. The monoisotopic (exact) mass is 427 g/mol. The van der Waals surface area contributed by atoms with E-state index in [1.165, 1.54) is 4.57 Å². The van der Waals surface area contributed by atoms with Crippen molar-refractivity contribution in [1.29, 1.82) is 0 Å². The molecule has 1 aliphatic rings. The Balaban J connectivity index is 2.08. The molecule has 1 aromatic carbocycles. The number of rotatable bonds is 6. The predicted molar refractivity (Wildman–Crippen MR) is 115 cm³/mol. The van der Waals surface area contributed by atoms with Gasteiger partial charge in [0.15, 0.2) is 0 Å². The van der Waals surface area contributed by atoms with E-state index in [9.17, 15) is 10.2 Å². The van der Waals surface area contributed by atoms with Gasteiger partial charge < -0.3 is 14.9 Å². The van der Waals surface area contributed by atoms with Crippen molar-refractivity contribution >= 4 is 37.2 Å². The van der Waals surface area contributed by atoms with Crippen molar-refractivity contribution in [3.8, 4) is 23.2 Å². The molecular formula is C20H24Cl2NO3P. The smallest absolute Gasteiger partial charge is 0.206 e. The van der Waals surface area contributed by atoms with Gasteiger partial charge in [-0.1, -0.05) is 57.1 Å². The van der Waals surface area contributed by atoms with Crippen LogP contribution in [0.3, 0.4) is 0 Å². The average Bonchev–Trinajstić information content (AvgIpc) is 2.92. The molecule has 0 saturated carbocycles. The molecule has 1 aromatic heterocycles. The average molecular weight is 428 g/mol. The molecule has 3 rings (SSSR count). The normalized spacial score (nSPS) is 15.4. The van der Waals surface area contributed by atoms with E-state index in [1.54, 1.807) is 12.1 Å². The highest BCUT2D eigenvalue weighted by molar-refractivity contribution is 7.57. The van der Waals surface area contributed by atoms with E-state index in [0.717, 1.165) is 24.6 Å². The molecule has 146 valence electrons. The van der Waals surface area contributed by atoms with E-state index < -0.39 is 0 Å². The largest absolute Gasteiger partial charge is 0.494 e. The lowest BCUT2D eigenvalue weighted by Crippen LogP contribution is -2.14. The van der Waals surface area contributed by atoms with Gasteiger partial charge in [0.25, 0.3) is 0 Å². The number of halogens is 2. The van der Waals surface area contributed by atoms with Crippen molar-refractivity contribution in [2.45, 2.75) is 39.0 Å². The molecule has 1 aliphatic carbocycles. The molecule has 0 amide bonds. The van der Waals surface area contributed by atoms with Gasteiger partial charge in [0, 0.05) is 17.2 Å². The molecule has 7 heteroatoms. The second-order valence-corrected chi connectivity index (χ2v) is 10.1. The number of allylic oxidation sites excluding steroid dienone is 1. The Morgan fingerprint density at radius 2 is 1.93 bits per heavy atom. The van der Waals surface area contributed by atoms with Crippen LogP contribution in [0.5, 0.6) is 17.5 Å². The molecule has 2 N–H and O–H groups in total. The summed E-state index contributed by atoms with van der Waals surface area (Å²) in [6.07, 6.45) is 7.23. The van der Waals surface area contributed by atoms with Crippen LogP contribution in [0.15, 0.2) is 18.2 Å². The fourth-order valence-corrected chi connectivity index (χ4v) is 5.14. The van der Waals surface area contributed by atoms with Crippen molar-refractivity contribution in [2.75, 3.05) is 12.8 Å². The zero-order valence-corrected chi connectivity index (χ0v) is 18.1. The molecule has 0 spiro atoms. The number of ether oxygens (including phenoxy) is 1. The Labute approximate surface area is 171 Å². The van der Waals surface area contributed by atoms with E-state index in [2.05, 4.69) is 20.5 Å². The van der Waals surface area contributed by atoms with Crippen molar-refractivity contribution in [1.82, 2.24) is 4.57 Å². The van der Waals surface area contributed by atoms with Gasteiger partial charge in [-0.25, -0.2) is 4.57 Å². The van der Waals surface area contributed by atoms with Crippen LogP contribution in [0.4, 0.5) is 0 Å². The first-order valence-electron chi connectivity index (χ1n) is 9.07. The first-order valence-corrected chi connectivity index (χ1v) is 11.9. The first-order chi connectivity index (χ1) is 12.9. The summed E-state index contributed by atoms with van der Waals surface area (Å²) in [5, 5.41) is 22.1. The van der Waals surface area contributed by atoms with Crippen LogP contribution in [0.2, 0.25) is 10.0 Å². The van der Waals surface area contributed by atoms with E-state index in [4.69, 9.17) is 27.9 Å². The number of benzene rings is 1. The van der Waals surface area contributed by atoms with Crippen molar-refractivity contribution in [3.63, 3.8) is 0 Å². The molecule has 1 heterocycles. The van der Waals surface area contributed by atoms with Crippen LogP contribution >= 0.6 is 31.1 Å². The Morgan fingerprint density at radius 1 is 1.19 bits per heavy atom. The van der Waals surface area contributed by atoms with E-state index in [-0.39, 0.29) is 25.5 Å². The number of aromatic hydroxyl groups is 2. The van der Waals surface area contributed by atoms with Crippen molar-refractivity contribution < 1.29 is 14.9 Å². The summed E-state index contributed by atoms with van der Waals surface area (Å²) in [6, 6.07) is 3.29. The third kappa shape index (κ3) is 3.81. The highest BCUT2D eigenvalue weighted by Crippen LogP contribution is 2.45. The number of aromatic nitrogens is 1. The van der Waals surface area contributed by atoms with Crippen LogP contribution in [-0.2, 0) is 6.42 Å². The van der Waals surface area contributed by atoms with Gasteiger partial charge in [-0.3, -0.25) is 0 Å². The summed E-state index contributed by atoms with van der Waals surface area (Å²) < 4.78 is 7.56. The molecule has 2 atom stereocenters. The first kappa shape index (κ1) is 20.4. The van der Waals surface area contributed by atoms with E-state index >= 15 is 0 Å². The van der Waals surface area contributed by atoms with Gasteiger partial charge in [0.2, 0.25) is 11.8 Å². The van der Waals surface area contributed by atoms with Gasteiger partial charge in [0.1, 0.15) is 11.6 Å². The lowest BCUT2D eigenvalue weighted by Gasteiger charge is -2.24. The van der Waals surface area contributed by atoms with Crippen molar-refractivity contribution in [2.24, 2.45) is 0 Å². The van der Waals surface area contributed by atoms with Crippen LogP contribution < -0.4 is 4.74 Å². The summed E-state index contributed by atoms with van der Waals surface area (Å²) in [4.78, 5) is 0. The minimum atomic E-state index is -0.289. The highest BCUT2D eigenvalue weighted by atomic mass is 35.5. The maximum atomic E-state index is 10.7. The molecule has 27 heavy (non-hydrogen) atoms. The minimum Gasteiger partial charge on any atom is -0.494 e. The molecule has 0 bridgehead atoms. The Hall–Kier alpha value is -1.35. The SMILES string of the molecule is CCC(Oc1cc(-n2c(O)c3c(c2O)CCC=C3)c(Cl)cc1Cl)P(C)CC. The van der Waals surface area contributed by atoms with Gasteiger partial charge in [-0.05, 0) is 38.2 Å². The molecular weight excluding hydrogens is 404 g/mol. The molecule has 0 saturated heterocycles. The molecule has 0 aliphatic heterocycles. The fraction of sp³-hybridized carbons (Fsp3) is 0.400. The number of hydrogen-bond donors (Lipinski definition) is 2. The molecule has 0 radical (unpaired) electrons. The summed E-state index contributed by atoms with van der Waals surface area (Å²) in [6.45, 7) is 6.45. The molecule has 4 nitrogen and oxygen atoms in total. The van der Waals surface area contributed by atoms with E-state index in [0.29, 0.717) is 33.5 Å². The second kappa shape index (κ2) is 8.34. The zero-order valence-electron chi connectivity index (χ0n) is 15.7. The lowest BCUT2D eigenvalue weighted by atomic mass is 10.0. The maximum Gasteiger partial charge on any atom is 0.206 e. The standard InChI is InChI=1S/C20H24Cl2NO3P/c1-4-18(27(3)5-2)26-17-11-16(14(21)10-15(17)22)23-19(24)12-8-6-7-9-13(12)20(23)25/h6,8,10-11,18,24-25H,4-5,7,9H2,1-3H3. The molecule has 2 unspecified atom stereocenters. The third-order valence-electron chi connectivity index (χ3n) is 4.95. The van der Waals surface area contributed by atoms with Gasteiger partial charge in [-0.15, -0.1) is 0 Å². The Morgan fingerprint density at radius 3 is 2.56 bits per heavy atom. The fourth-order valence-electron chi connectivity index (χ4n) is 3.31. The minimum absolute atomic E-state index is 0.000338. The molecule has 2 aromatic rings. The second-order valence-electron chi connectivity index (χ2n) is 6.60. The third-order valence-corrected chi connectivity index (χ3v) is 8.00. The quantitative estimate of drug-likeness (QED) is 0.524. The Kier molecular flexibility index (Phi) is 6.30. The number of nitrogens with zero attached hydrogens (tertiary/aromatic N) is 1. The summed E-state index contributed by atoms with van der Waals surface area (Å²) in [7, 11) is -0.289. The maximum absolute atomic E-state index is 10.7. The van der Waals surface area contributed by atoms with Gasteiger partial charge in [-0.2, -0.15) is 0 Å². The van der Waals surface area contributed by atoms with Crippen LogP contribution in [0.25, 0.3) is 11.8 Å². The summed E-state index contributed by atoms with van der Waals surface area (Å²) in [5.41, 5.74) is 1.79. The Bertz CT molecular complexity index is 879. The molecule has 0 fully saturated rings. The van der Waals surface area contributed by atoms with E-state index in [1.807, 2.05) is 12.2 Å². The lowest BCUT2D eigenvalue weighted by molar-refractivity contribution is 0.278. The van der Waals surface area contributed by atoms with Crippen molar-refractivity contribution in [3.05, 3.63) is 39.4 Å². The highest BCUT2D eigenvalue weighted by Gasteiger charge is 2.26. The van der Waals surface area contributed by atoms with Crippen LogP contribution in [0, 0.1) is 0 Å². The van der Waals surface area contributed by atoms with Crippen LogP contribution in [-0.4, -0.2) is 33.5 Å². The predicted octanol–water partition coefficient (Wildman–Crippen LogP) is 6.40. The summed E-state index contributed by atoms with van der Waals surface area (Å²) >= 11 is 12.8. The topological polar surface area (TPSA) is 54.6 Å². The van der Waals surface area contributed by atoms with Gasteiger partial charge in [0.05, 0.1) is 15.7 Å². The summed E-state index contributed by atoms with van der Waals surface area (Å²) in [5.74, 6) is 0.554. The van der Waals surface area contributed by atoms with Crippen LogP contribution in [0.1, 0.15) is 37.8 Å². The number of hydrogen-bond acceptors (Lipinski definition) is 3. The van der Waals surface area contributed by atoms with Gasteiger partial charge >= 0.3 is 0 Å².